The molecule has 0 fully saturated rings. The number of nitriles is 1. The monoisotopic (exact) mass is 498 g/mol. The smallest absolute Gasteiger partial charge is 0.744 e. The Hall–Kier alpha value is -0.690. The van der Waals surface area contributed by atoms with Gasteiger partial charge in [0.1, 0.15) is 25.6 Å². The van der Waals surface area contributed by atoms with Crippen LogP contribution in [0.3, 0.4) is 0 Å². The van der Waals surface area contributed by atoms with Gasteiger partial charge in [0.15, 0.2) is 0 Å². The van der Waals surface area contributed by atoms with Gasteiger partial charge < -0.3 is 14.4 Å². The van der Waals surface area contributed by atoms with Crippen LogP contribution in [0.25, 0.3) is 12.2 Å². The molecule has 0 unspecified atom stereocenters. The standard InChI is InChI=1S/C17H14N2O7S3.2Na/c1-11(20)19-14-6-4-12(16(8-14)28(21,22)23)2-3-13-5-7-15(27-10-18)9-17(13)29(24,25)26;;/h2-9H,1H3,(H,19,20)(H,21,22,23)(H,24,25,26);;/q;2*+1/p-2/b3-2+;;. The Kier molecular flexibility index (Phi) is 12.2. The number of anilines is 1. The Bertz CT molecular complexity index is 1250. The van der Waals surface area contributed by atoms with Crippen LogP contribution in [0, 0.1) is 10.7 Å². The molecule has 0 saturated heterocycles. The molecule has 1 amide bonds. The molecule has 0 heterocycles. The largest absolute Gasteiger partial charge is 1.00 e. The van der Waals surface area contributed by atoms with Crippen molar-refractivity contribution in [3.8, 4) is 5.40 Å². The van der Waals surface area contributed by atoms with Crippen molar-refractivity contribution in [2.45, 2.75) is 21.6 Å². The van der Waals surface area contributed by atoms with Crippen molar-refractivity contribution in [3.05, 3.63) is 47.5 Å². The van der Waals surface area contributed by atoms with Gasteiger partial charge in [0.2, 0.25) is 5.91 Å². The normalized spacial score (nSPS) is 11.2. The topological polar surface area (TPSA) is 167 Å². The van der Waals surface area contributed by atoms with E-state index in [2.05, 4.69) is 5.32 Å². The molecule has 152 valence electrons. The number of benzene rings is 2. The molecular weight excluding hydrogens is 486 g/mol. The number of nitrogens with one attached hydrogen (secondary N) is 1. The average molecular weight is 498 g/mol. The van der Waals surface area contributed by atoms with Gasteiger partial charge in [-0.3, -0.25) is 4.79 Å². The van der Waals surface area contributed by atoms with E-state index in [0.717, 1.165) is 24.3 Å². The maximum atomic E-state index is 11.6. The van der Waals surface area contributed by atoms with Crippen LogP contribution in [0.1, 0.15) is 18.1 Å². The van der Waals surface area contributed by atoms with Crippen molar-refractivity contribution in [2.75, 3.05) is 5.32 Å². The Balaban J connectivity index is 0.00000450. The fourth-order valence-electron chi connectivity index (χ4n) is 2.33. The molecule has 1 N–H and O–H groups in total. The molecule has 0 saturated carbocycles. The van der Waals surface area contributed by atoms with Gasteiger partial charge in [-0.05, 0) is 47.2 Å². The quantitative estimate of drug-likeness (QED) is 0.138. The SMILES string of the molecule is CC(=O)Nc1ccc(/C=C/c2ccc(SC#N)cc2S(=O)(=O)[O-])c(S(=O)(=O)[O-])c1.[Na+].[Na+]. The number of carbonyl (C=O) groups excluding carboxylic acids is 1. The maximum Gasteiger partial charge on any atom is 1.00 e. The van der Waals surface area contributed by atoms with E-state index in [-0.39, 0.29) is 80.8 Å². The van der Waals surface area contributed by atoms with Crippen molar-refractivity contribution in [1.82, 2.24) is 0 Å². The zero-order chi connectivity index (χ0) is 21.8. The third kappa shape index (κ3) is 8.99. The van der Waals surface area contributed by atoms with Crippen molar-refractivity contribution in [1.29, 1.82) is 5.26 Å². The van der Waals surface area contributed by atoms with E-state index in [1.807, 2.05) is 0 Å². The van der Waals surface area contributed by atoms with Crippen molar-refractivity contribution in [3.63, 3.8) is 0 Å². The zero-order valence-electron chi connectivity index (χ0n) is 16.6. The third-order valence-electron chi connectivity index (χ3n) is 3.46. The summed E-state index contributed by atoms with van der Waals surface area (Å²) in [6, 6.07) is 7.29. The number of carbonyl (C=O) groups is 1. The van der Waals surface area contributed by atoms with E-state index in [0.29, 0.717) is 11.8 Å². The molecular formula is C17H12N2Na2O7S3. The summed E-state index contributed by atoms with van der Waals surface area (Å²) >= 11 is 0.664. The molecule has 0 aliphatic carbocycles. The van der Waals surface area contributed by atoms with Gasteiger partial charge >= 0.3 is 59.1 Å². The van der Waals surface area contributed by atoms with E-state index in [1.165, 1.54) is 31.2 Å². The van der Waals surface area contributed by atoms with Gasteiger partial charge in [0, 0.05) is 17.5 Å². The Morgan fingerprint density at radius 3 is 1.90 bits per heavy atom. The van der Waals surface area contributed by atoms with E-state index in [4.69, 9.17) is 5.26 Å². The molecule has 14 heteroatoms. The first kappa shape index (κ1) is 30.3. The minimum Gasteiger partial charge on any atom is -0.744 e. The fourth-order valence-corrected chi connectivity index (χ4v) is 4.22. The Morgan fingerprint density at radius 2 is 1.45 bits per heavy atom. The maximum absolute atomic E-state index is 11.6. The van der Waals surface area contributed by atoms with Crippen LogP contribution >= 0.6 is 11.8 Å². The van der Waals surface area contributed by atoms with Gasteiger partial charge in [0.05, 0.1) is 9.79 Å². The molecule has 0 atom stereocenters. The predicted octanol–water partition coefficient (Wildman–Crippen LogP) is -3.80. The van der Waals surface area contributed by atoms with Crippen LogP contribution in [-0.2, 0) is 25.0 Å². The van der Waals surface area contributed by atoms with Crippen LogP contribution in [0.2, 0.25) is 0 Å². The van der Waals surface area contributed by atoms with Crippen LogP contribution in [0.4, 0.5) is 5.69 Å². The van der Waals surface area contributed by atoms with E-state index >= 15 is 0 Å². The summed E-state index contributed by atoms with van der Waals surface area (Å²) in [6.45, 7) is 1.21. The predicted molar refractivity (Wildman–Crippen MR) is 104 cm³/mol. The minimum atomic E-state index is -4.92. The second-order valence-corrected chi connectivity index (χ2v) is 9.12. The Morgan fingerprint density at radius 1 is 0.968 bits per heavy atom. The van der Waals surface area contributed by atoms with Crippen LogP contribution in [-0.4, -0.2) is 31.8 Å². The molecule has 0 bridgehead atoms. The van der Waals surface area contributed by atoms with Crippen molar-refractivity contribution < 1.29 is 89.9 Å². The molecule has 2 aromatic carbocycles. The summed E-state index contributed by atoms with van der Waals surface area (Å²) in [5.41, 5.74) is -0.0360. The first-order valence-corrected chi connectivity index (χ1v) is 11.3. The van der Waals surface area contributed by atoms with Crippen LogP contribution < -0.4 is 64.4 Å². The molecule has 2 aromatic rings. The van der Waals surface area contributed by atoms with Crippen molar-refractivity contribution in [2.24, 2.45) is 0 Å². The summed E-state index contributed by atoms with van der Waals surface area (Å²) in [5, 5.41) is 12.8. The fraction of sp³-hybridized carbons (Fsp3) is 0.0588. The molecule has 2 rings (SSSR count). The van der Waals surface area contributed by atoms with Crippen LogP contribution in [0.5, 0.6) is 0 Å². The van der Waals surface area contributed by atoms with Gasteiger partial charge in [-0.15, -0.1) is 0 Å². The number of hydrogen-bond acceptors (Lipinski definition) is 9. The zero-order valence-corrected chi connectivity index (χ0v) is 23.1. The van der Waals surface area contributed by atoms with E-state index in [1.54, 1.807) is 5.40 Å². The number of rotatable bonds is 6. The summed E-state index contributed by atoms with van der Waals surface area (Å²) in [5.74, 6) is -0.469. The van der Waals surface area contributed by atoms with Crippen molar-refractivity contribution >= 4 is 55.7 Å². The number of amides is 1. The van der Waals surface area contributed by atoms with Gasteiger partial charge in [0.25, 0.3) is 0 Å². The van der Waals surface area contributed by atoms with E-state index < -0.39 is 35.9 Å². The molecule has 0 spiro atoms. The molecule has 0 aromatic heterocycles. The third-order valence-corrected chi connectivity index (χ3v) is 5.83. The number of nitrogens with zero attached hydrogens (tertiary/aromatic N) is 1. The molecule has 31 heavy (non-hydrogen) atoms. The first-order valence-electron chi connectivity index (χ1n) is 7.63. The Labute approximate surface area is 228 Å². The van der Waals surface area contributed by atoms with Gasteiger partial charge in [-0.2, -0.15) is 5.26 Å². The van der Waals surface area contributed by atoms with Gasteiger partial charge in [-0.1, -0.05) is 24.3 Å². The van der Waals surface area contributed by atoms with Gasteiger partial charge in [-0.25, -0.2) is 16.8 Å². The summed E-state index contributed by atoms with van der Waals surface area (Å²) in [4.78, 5) is 10.1. The summed E-state index contributed by atoms with van der Waals surface area (Å²) in [6.07, 6.45) is 2.32. The molecule has 9 nitrogen and oxygen atoms in total. The van der Waals surface area contributed by atoms with Crippen LogP contribution in [0.15, 0.2) is 51.1 Å². The molecule has 0 aliphatic rings. The average Bonchev–Trinajstić information content (AvgIpc) is 2.59. The second kappa shape index (κ2) is 12.5. The second-order valence-electron chi connectivity index (χ2n) is 5.57. The summed E-state index contributed by atoms with van der Waals surface area (Å²) < 4.78 is 69.3. The number of hydrogen-bond donors (Lipinski definition) is 1. The first-order chi connectivity index (χ1) is 13.4. The molecule has 0 aliphatic heterocycles. The number of thioether (sulfide) groups is 1. The molecule has 0 radical (unpaired) electrons. The number of thiocyanates is 1. The minimum absolute atomic E-state index is 0. The summed E-state index contributed by atoms with van der Waals surface area (Å²) in [7, 11) is -9.81. The van der Waals surface area contributed by atoms with E-state index in [9.17, 15) is 30.7 Å².